The smallest absolute Gasteiger partial charge is 0.408 e. The molecule has 4 rings (SSSR count). The molecule has 25 heavy (non-hydrogen) atoms. The summed E-state index contributed by atoms with van der Waals surface area (Å²) in [6.07, 6.45) is -0.524. The summed E-state index contributed by atoms with van der Waals surface area (Å²) in [5.41, 5.74) is 1.56. The molecule has 1 amide bonds. The molecule has 0 saturated carbocycles. The van der Waals surface area contributed by atoms with E-state index in [-0.39, 0.29) is 10.8 Å². The van der Waals surface area contributed by atoms with Gasteiger partial charge in [0, 0.05) is 14.8 Å². The summed E-state index contributed by atoms with van der Waals surface area (Å²) in [6.45, 7) is 0. The van der Waals surface area contributed by atoms with E-state index in [1.807, 2.05) is 48.5 Å². The van der Waals surface area contributed by atoms with Crippen LogP contribution in [-0.2, 0) is 0 Å². The molecule has 0 radical (unpaired) electrons. The standard InChI is InChI=1S/C19H11Cl2NO2S/c20-12-9-10-16(13(21)11-12)24-19(23)22-14-5-1-3-7-17(14)25-18-8-4-2-6-15(18)22/h1-11H. The second-order valence-electron chi connectivity index (χ2n) is 5.32. The second-order valence-corrected chi connectivity index (χ2v) is 7.24. The molecule has 3 aromatic rings. The lowest BCUT2D eigenvalue weighted by atomic mass is 10.2. The molecule has 0 atom stereocenters. The average molecular weight is 388 g/mol. The Morgan fingerprint density at radius 3 is 2.08 bits per heavy atom. The molecule has 0 N–H and O–H groups in total. The van der Waals surface area contributed by atoms with E-state index in [0.29, 0.717) is 5.02 Å². The van der Waals surface area contributed by atoms with E-state index in [4.69, 9.17) is 27.9 Å². The Morgan fingerprint density at radius 2 is 1.48 bits per heavy atom. The molecule has 0 fully saturated rings. The van der Waals surface area contributed by atoms with Gasteiger partial charge < -0.3 is 4.74 Å². The number of ether oxygens (including phenoxy) is 1. The van der Waals surface area contributed by atoms with Gasteiger partial charge in [0.1, 0.15) is 0 Å². The summed E-state index contributed by atoms with van der Waals surface area (Å²) in [6, 6.07) is 20.2. The van der Waals surface area contributed by atoms with E-state index in [2.05, 4.69) is 0 Å². The minimum absolute atomic E-state index is 0.268. The second kappa shape index (κ2) is 6.64. The summed E-state index contributed by atoms with van der Waals surface area (Å²) in [7, 11) is 0. The molecule has 0 bridgehead atoms. The van der Waals surface area contributed by atoms with E-state index in [1.165, 1.54) is 0 Å². The Labute approximate surface area is 159 Å². The molecule has 3 aromatic carbocycles. The van der Waals surface area contributed by atoms with Gasteiger partial charge in [-0.3, -0.25) is 0 Å². The Kier molecular flexibility index (Phi) is 4.34. The maximum absolute atomic E-state index is 12.9. The summed E-state index contributed by atoms with van der Waals surface area (Å²) in [5.74, 6) is 0.268. The fourth-order valence-electron chi connectivity index (χ4n) is 2.60. The van der Waals surface area contributed by atoms with Gasteiger partial charge in [-0.2, -0.15) is 0 Å². The van der Waals surface area contributed by atoms with Crippen molar-refractivity contribution < 1.29 is 9.53 Å². The third-order valence-electron chi connectivity index (χ3n) is 3.71. The summed E-state index contributed by atoms with van der Waals surface area (Å²) in [5, 5.41) is 0.767. The number of rotatable bonds is 1. The molecule has 0 aromatic heterocycles. The first-order chi connectivity index (χ1) is 12.1. The Bertz CT molecular complexity index is 932. The molecule has 0 saturated heterocycles. The number of amides is 1. The largest absolute Gasteiger partial charge is 0.424 e. The van der Waals surface area contributed by atoms with E-state index in [1.54, 1.807) is 34.9 Å². The molecule has 1 aliphatic heterocycles. The predicted molar refractivity (Wildman–Crippen MR) is 102 cm³/mol. The van der Waals surface area contributed by atoms with E-state index < -0.39 is 6.09 Å². The topological polar surface area (TPSA) is 29.5 Å². The number of hydrogen-bond donors (Lipinski definition) is 0. The SMILES string of the molecule is O=C(Oc1ccc(Cl)cc1Cl)N1c2ccccc2Sc2ccccc21. The Hall–Kier alpha value is -2.14. The van der Waals surface area contributed by atoms with Crippen molar-refractivity contribution in [1.82, 2.24) is 0 Å². The highest BCUT2D eigenvalue weighted by molar-refractivity contribution is 7.99. The van der Waals surface area contributed by atoms with Crippen molar-refractivity contribution in [3.05, 3.63) is 76.8 Å². The molecule has 0 unspecified atom stereocenters. The minimum atomic E-state index is -0.524. The summed E-state index contributed by atoms with van der Waals surface area (Å²) >= 11 is 13.6. The van der Waals surface area contributed by atoms with Crippen LogP contribution in [0.4, 0.5) is 16.2 Å². The van der Waals surface area contributed by atoms with Crippen molar-refractivity contribution in [2.24, 2.45) is 0 Å². The zero-order valence-corrected chi connectivity index (χ0v) is 15.1. The monoisotopic (exact) mass is 387 g/mol. The van der Waals surface area contributed by atoms with Crippen LogP contribution in [0.3, 0.4) is 0 Å². The van der Waals surface area contributed by atoms with Crippen molar-refractivity contribution in [3.8, 4) is 5.75 Å². The van der Waals surface area contributed by atoms with Crippen molar-refractivity contribution in [2.75, 3.05) is 4.90 Å². The van der Waals surface area contributed by atoms with Crippen LogP contribution in [0.25, 0.3) is 0 Å². The van der Waals surface area contributed by atoms with Crippen LogP contribution in [0.2, 0.25) is 10.0 Å². The maximum atomic E-state index is 12.9. The Morgan fingerprint density at radius 1 is 0.880 bits per heavy atom. The molecule has 0 aliphatic carbocycles. The number of fused-ring (bicyclic) bond motifs is 2. The van der Waals surface area contributed by atoms with Crippen LogP contribution in [0.15, 0.2) is 76.5 Å². The predicted octanol–water partition coefficient (Wildman–Crippen LogP) is 6.80. The lowest BCUT2D eigenvalue weighted by molar-refractivity contribution is 0.210. The van der Waals surface area contributed by atoms with Gasteiger partial charge >= 0.3 is 6.09 Å². The zero-order valence-electron chi connectivity index (χ0n) is 12.8. The van der Waals surface area contributed by atoms with Crippen LogP contribution in [0, 0.1) is 0 Å². The molecule has 0 spiro atoms. The van der Waals surface area contributed by atoms with Gasteiger partial charge in [0.25, 0.3) is 0 Å². The van der Waals surface area contributed by atoms with Crippen molar-refractivity contribution >= 4 is 52.4 Å². The number of nitrogens with zero attached hydrogens (tertiary/aromatic N) is 1. The van der Waals surface area contributed by atoms with Crippen LogP contribution < -0.4 is 9.64 Å². The van der Waals surface area contributed by atoms with Gasteiger partial charge in [-0.25, -0.2) is 9.69 Å². The summed E-state index contributed by atoms with van der Waals surface area (Å²) in [4.78, 5) is 16.5. The number of para-hydroxylation sites is 2. The molecular weight excluding hydrogens is 377 g/mol. The first-order valence-corrected chi connectivity index (χ1v) is 9.03. The minimum Gasteiger partial charge on any atom is -0.408 e. The number of anilines is 2. The third-order valence-corrected chi connectivity index (χ3v) is 5.37. The number of carbonyl (C=O) groups is 1. The highest BCUT2D eigenvalue weighted by Gasteiger charge is 2.29. The van der Waals surface area contributed by atoms with Crippen molar-refractivity contribution in [3.63, 3.8) is 0 Å². The molecule has 1 aliphatic rings. The lowest BCUT2D eigenvalue weighted by Gasteiger charge is -2.30. The number of halogens is 2. The Balaban J connectivity index is 1.75. The molecule has 124 valence electrons. The first-order valence-electron chi connectivity index (χ1n) is 7.46. The van der Waals surface area contributed by atoms with Crippen LogP contribution in [0.5, 0.6) is 5.75 Å². The van der Waals surface area contributed by atoms with Gasteiger partial charge in [-0.15, -0.1) is 0 Å². The van der Waals surface area contributed by atoms with E-state index in [9.17, 15) is 4.79 Å². The molecule has 6 heteroatoms. The van der Waals surface area contributed by atoms with Gasteiger partial charge in [-0.1, -0.05) is 59.2 Å². The molecular formula is C19H11Cl2NO2S. The number of carbonyl (C=O) groups excluding carboxylic acids is 1. The van der Waals surface area contributed by atoms with Crippen LogP contribution >= 0.6 is 35.0 Å². The van der Waals surface area contributed by atoms with Gasteiger partial charge in [-0.05, 0) is 42.5 Å². The van der Waals surface area contributed by atoms with E-state index in [0.717, 1.165) is 21.2 Å². The normalized spacial score (nSPS) is 12.3. The maximum Gasteiger partial charge on any atom is 0.424 e. The van der Waals surface area contributed by atoms with Crippen LogP contribution in [-0.4, -0.2) is 6.09 Å². The quantitative estimate of drug-likeness (QED) is 0.459. The van der Waals surface area contributed by atoms with Crippen LogP contribution in [0.1, 0.15) is 0 Å². The molecule has 3 nitrogen and oxygen atoms in total. The summed E-state index contributed by atoms with van der Waals surface area (Å²) < 4.78 is 5.54. The number of benzene rings is 3. The average Bonchev–Trinajstić information content (AvgIpc) is 2.62. The number of hydrogen-bond acceptors (Lipinski definition) is 3. The third kappa shape index (κ3) is 3.09. The molecule has 1 heterocycles. The highest BCUT2D eigenvalue weighted by atomic mass is 35.5. The van der Waals surface area contributed by atoms with Gasteiger partial charge in [0.15, 0.2) is 5.75 Å². The van der Waals surface area contributed by atoms with Gasteiger partial charge in [0.05, 0.1) is 16.4 Å². The first kappa shape index (κ1) is 16.3. The highest BCUT2D eigenvalue weighted by Crippen LogP contribution is 2.48. The lowest BCUT2D eigenvalue weighted by Crippen LogP contribution is -2.31. The zero-order chi connectivity index (χ0) is 17.4. The fourth-order valence-corrected chi connectivity index (χ4v) is 4.10. The fraction of sp³-hybridized carbons (Fsp3) is 0. The van der Waals surface area contributed by atoms with Gasteiger partial charge in [0.2, 0.25) is 0 Å². The van der Waals surface area contributed by atoms with E-state index >= 15 is 0 Å². The van der Waals surface area contributed by atoms with Crippen molar-refractivity contribution in [1.29, 1.82) is 0 Å². The van der Waals surface area contributed by atoms with Crippen molar-refractivity contribution in [2.45, 2.75) is 9.79 Å².